The first-order valence-electron chi connectivity index (χ1n) is 6.91. The molecule has 1 N–H and O–H groups in total. The highest BCUT2D eigenvalue weighted by Gasteiger charge is 2.20. The molecule has 0 bridgehead atoms. The summed E-state index contributed by atoms with van der Waals surface area (Å²) in [6, 6.07) is 9.19. The van der Waals surface area contributed by atoms with E-state index in [9.17, 15) is 0 Å². The van der Waals surface area contributed by atoms with E-state index in [-0.39, 0.29) is 6.04 Å². The zero-order chi connectivity index (χ0) is 15.2. The van der Waals surface area contributed by atoms with Gasteiger partial charge < -0.3 is 14.5 Å². The average molecular weight is 328 g/mol. The van der Waals surface area contributed by atoms with Crippen LogP contribution in [-0.4, -0.2) is 13.7 Å². The van der Waals surface area contributed by atoms with Crippen LogP contribution in [0, 0.1) is 0 Å². The maximum absolute atomic E-state index is 6.32. The van der Waals surface area contributed by atoms with E-state index in [0.717, 1.165) is 30.0 Å². The molecule has 1 atom stereocenters. The molecule has 0 aliphatic rings. The number of nitrogens with one attached hydrogen (secondary N) is 1. The van der Waals surface area contributed by atoms with Crippen LogP contribution in [-0.2, 0) is 11.3 Å². The maximum Gasteiger partial charge on any atom is 0.129 e. The zero-order valence-corrected chi connectivity index (χ0v) is 13.7. The van der Waals surface area contributed by atoms with Crippen molar-refractivity contribution in [3.8, 4) is 0 Å². The van der Waals surface area contributed by atoms with Crippen molar-refractivity contribution in [1.82, 2.24) is 5.32 Å². The number of hydrogen-bond acceptors (Lipinski definition) is 3. The quantitative estimate of drug-likeness (QED) is 0.791. The van der Waals surface area contributed by atoms with Gasteiger partial charge in [-0.05, 0) is 48.9 Å². The van der Waals surface area contributed by atoms with Gasteiger partial charge in [-0.15, -0.1) is 0 Å². The van der Waals surface area contributed by atoms with Crippen molar-refractivity contribution >= 4 is 23.2 Å². The van der Waals surface area contributed by atoms with Crippen LogP contribution in [0.2, 0.25) is 10.0 Å². The Morgan fingerprint density at radius 3 is 2.76 bits per heavy atom. The normalized spacial score (nSPS) is 12.6. The molecular weight excluding hydrogens is 309 g/mol. The minimum absolute atomic E-state index is 0.123. The Balaban J connectivity index is 2.34. The molecule has 21 heavy (non-hydrogen) atoms. The van der Waals surface area contributed by atoms with Gasteiger partial charge in [-0.2, -0.15) is 0 Å². The van der Waals surface area contributed by atoms with Gasteiger partial charge in [-0.3, -0.25) is 0 Å². The van der Waals surface area contributed by atoms with Crippen LogP contribution < -0.4 is 5.32 Å². The van der Waals surface area contributed by atoms with Crippen molar-refractivity contribution in [1.29, 1.82) is 0 Å². The summed E-state index contributed by atoms with van der Waals surface area (Å²) in [7, 11) is 1.64. The average Bonchev–Trinajstić information content (AvgIpc) is 2.92. The van der Waals surface area contributed by atoms with Crippen molar-refractivity contribution in [2.75, 3.05) is 13.7 Å². The van der Waals surface area contributed by atoms with Gasteiger partial charge in [0.05, 0.1) is 6.04 Å². The number of benzene rings is 1. The number of methoxy groups -OCH3 is 1. The second kappa shape index (κ2) is 7.85. The van der Waals surface area contributed by atoms with Crippen LogP contribution in [0.15, 0.2) is 34.7 Å². The summed E-state index contributed by atoms with van der Waals surface area (Å²) in [4.78, 5) is 0. The molecule has 5 heteroatoms. The first-order chi connectivity index (χ1) is 10.2. The Bertz CT molecular complexity index is 583. The lowest BCUT2D eigenvalue weighted by atomic mass is 10.0. The van der Waals surface area contributed by atoms with E-state index >= 15 is 0 Å². The first-order valence-corrected chi connectivity index (χ1v) is 7.67. The second-order valence-electron chi connectivity index (χ2n) is 4.79. The van der Waals surface area contributed by atoms with Crippen LogP contribution in [0.3, 0.4) is 0 Å². The highest BCUT2D eigenvalue weighted by Crippen LogP contribution is 2.31. The molecule has 0 amide bonds. The van der Waals surface area contributed by atoms with Crippen molar-refractivity contribution in [3.63, 3.8) is 0 Å². The Labute approximate surface area is 135 Å². The molecule has 1 aromatic heterocycles. The number of rotatable bonds is 7. The van der Waals surface area contributed by atoms with Crippen LogP contribution in [0.25, 0.3) is 0 Å². The molecule has 1 heterocycles. The first kappa shape index (κ1) is 16.4. The number of hydrogen-bond donors (Lipinski definition) is 1. The predicted octanol–water partition coefficient (Wildman–Crippen LogP) is 4.82. The third kappa shape index (κ3) is 4.24. The summed E-state index contributed by atoms with van der Waals surface area (Å²) in [5, 5.41) is 4.77. The second-order valence-corrected chi connectivity index (χ2v) is 5.63. The molecule has 1 aromatic carbocycles. The monoisotopic (exact) mass is 327 g/mol. The smallest absolute Gasteiger partial charge is 0.129 e. The van der Waals surface area contributed by atoms with Crippen LogP contribution >= 0.6 is 23.2 Å². The van der Waals surface area contributed by atoms with Gasteiger partial charge in [0.1, 0.15) is 18.1 Å². The molecule has 3 nitrogen and oxygen atoms in total. The Hall–Kier alpha value is -1.000. The molecular formula is C16H19Cl2NO2. The summed E-state index contributed by atoms with van der Waals surface area (Å²) >= 11 is 12.4. The number of halogens is 2. The summed E-state index contributed by atoms with van der Waals surface area (Å²) in [6.07, 6.45) is 1.01. The molecule has 0 saturated carbocycles. The van der Waals surface area contributed by atoms with Gasteiger partial charge in [-0.25, -0.2) is 0 Å². The highest BCUT2D eigenvalue weighted by atomic mass is 35.5. The summed E-state index contributed by atoms with van der Waals surface area (Å²) in [5.74, 6) is 1.59. The Kier molecular flexibility index (Phi) is 6.12. The van der Waals surface area contributed by atoms with E-state index in [2.05, 4.69) is 12.2 Å². The van der Waals surface area contributed by atoms with E-state index in [1.54, 1.807) is 19.2 Å². The van der Waals surface area contributed by atoms with E-state index in [4.69, 9.17) is 32.4 Å². The molecule has 0 aliphatic carbocycles. The van der Waals surface area contributed by atoms with Gasteiger partial charge in [0, 0.05) is 17.2 Å². The third-order valence-electron chi connectivity index (χ3n) is 3.12. The molecule has 1 unspecified atom stereocenters. The maximum atomic E-state index is 6.32. The van der Waals surface area contributed by atoms with Gasteiger partial charge >= 0.3 is 0 Å². The van der Waals surface area contributed by atoms with Crippen LogP contribution in [0.1, 0.15) is 36.5 Å². The summed E-state index contributed by atoms with van der Waals surface area (Å²) in [6.45, 7) is 3.42. The topological polar surface area (TPSA) is 34.4 Å². The van der Waals surface area contributed by atoms with Gasteiger partial charge in [-0.1, -0.05) is 30.1 Å². The fourth-order valence-electron chi connectivity index (χ4n) is 2.16. The molecule has 2 aromatic rings. The van der Waals surface area contributed by atoms with Crippen molar-refractivity contribution < 1.29 is 9.15 Å². The van der Waals surface area contributed by atoms with E-state index in [0.29, 0.717) is 16.7 Å². The third-order valence-corrected chi connectivity index (χ3v) is 3.70. The lowest BCUT2D eigenvalue weighted by Crippen LogP contribution is -2.23. The molecule has 0 radical (unpaired) electrons. The minimum atomic E-state index is -0.123. The van der Waals surface area contributed by atoms with E-state index in [1.807, 2.05) is 18.2 Å². The lowest BCUT2D eigenvalue weighted by Gasteiger charge is -2.18. The number of furan rings is 1. The van der Waals surface area contributed by atoms with Crippen molar-refractivity contribution in [2.45, 2.75) is 26.0 Å². The van der Waals surface area contributed by atoms with E-state index < -0.39 is 0 Å². The van der Waals surface area contributed by atoms with Crippen molar-refractivity contribution in [2.24, 2.45) is 0 Å². The molecule has 0 fully saturated rings. The van der Waals surface area contributed by atoms with Gasteiger partial charge in [0.15, 0.2) is 0 Å². The molecule has 0 saturated heterocycles. The molecule has 0 aliphatic heterocycles. The number of ether oxygens (including phenoxy) is 1. The molecule has 2 rings (SSSR count). The lowest BCUT2D eigenvalue weighted by molar-refractivity contribution is 0.162. The zero-order valence-electron chi connectivity index (χ0n) is 12.2. The van der Waals surface area contributed by atoms with Crippen LogP contribution in [0.5, 0.6) is 0 Å². The minimum Gasteiger partial charge on any atom is -0.462 e. The Morgan fingerprint density at radius 1 is 1.24 bits per heavy atom. The standard InChI is InChI=1S/C16H19Cl2NO2/c1-3-8-19-16(13-9-11(17)4-6-14(13)18)15-7-5-12(21-15)10-20-2/h4-7,9,16,19H,3,8,10H2,1-2H3. The molecule has 0 spiro atoms. The SMILES string of the molecule is CCCNC(c1ccc(COC)o1)c1cc(Cl)ccc1Cl. The fourth-order valence-corrected chi connectivity index (χ4v) is 2.56. The largest absolute Gasteiger partial charge is 0.462 e. The van der Waals surface area contributed by atoms with Gasteiger partial charge in [0.25, 0.3) is 0 Å². The molecule has 114 valence electrons. The fraction of sp³-hybridized carbons (Fsp3) is 0.375. The van der Waals surface area contributed by atoms with Crippen molar-refractivity contribution in [3.05, 3.63) is 57.5 Å². The van der Waals surface area contributed by atoms with E-state index in [1.165, 1.54) is 0 Å². The Morgan fingerprint density at radius 2 is 2.05 bits per heavy atom. The van der Waals surface area contributed by atoms with Gasteiger partial charge in [0.2, 0.25) is 0 Å². The van der Waals surface area contributed by atoms with Crippen LogP contribution in [0.4, 0.5) is 0 Å². The highest BCUT2D eigenvalue weighted by molar-refractivity contribution is 6.33. The summed E-state index contributed by atoms with van der Waals surface area (Å²) < 4.78 is 10.9. The predicted molar refractivity (Wildman–Crippen MR) is 86.0 cm³/mol. The summed E-state index contributed by atoms with van der Waals surface area (Å²) in [5.41, 5.74) is 0.913.